The summed E-state index contributed by atoms with van der Waals surface area (Å²) in [6.07, 6.45) is 7.40. The van der Waals surface area contributed by atoms with Crippen LogP contribution in [-0.2, 0) is 9.59 Å². The van der Waals surface area contributed by atoms with Crippen LogP contribution in [0.5, 0.6) is 0 Å². The second-order valence-corrected chi connectivity index (χ2v) is 9.66. The Morgan fingerprint density at radius 1 is 1.12 bits per heavy atom. The lowest BCUT2D eigenvalue weighted by Gasteiger charge is -2.43. The average molecular weight is 362 g/mol. The van der Waals surface area contributed by atoms with Gasteiger partial charge in [-0.25, -0.2) is 0 Å². The molecule has 3 aliphatic heterocycles. The van der Waals surface area contributed by atoms with Gasteiger partial charge in [-0.15, -0.1) is 0 Å². The fourth-order valence-electron chi connectivity index (χ4n) is 5.68. The molecule has 0 unspecified atom stereocenters. The van der Waals surface area contributed by atoms with Crippen LogP contribution in [0.25, 0.3) is 0 Å². The lowest BCUT2D eigenvalue weighted by molar-refractivity contribution is -0.148. The number of carbonyl (C=O) groups excluding carboxylic acids is 2. The zero-order chi connectivity index (χ0) is 18.3. The molecule has 0 bridgehead atoms. The zero-order valence-corrected chi connectivity index (χ0v) is 16.6. The molecule has 0 aromatic heterocycles. The number of carbonyl (C=O) groups is 2. The van der Waals surface area contributed by atoms with Crippen LogP contribution in [-0.4, -0.2) is 72.8 Å². The van der Waals surface area contributed by atoms with Gasteiger partial charge in [0.2, 0.25) is 11.8 Å². The van der Waals surface area contributed by atoms with E-state index >= 15 is 0 Å². The minimum atomic E-state index is -0.269. The Bertz CT molecular complexity index is 551. The molecule has 5 nitrogen and oxygen atoms in total. The molecule has 1 spiro atoms. The first kappa shape index (κ1) is 18.3. The Kier molecular flexibility index (Phi) is 5.02. The fraction of sp³-hybridized carbons (Fsp3) is 0.905. The van der Waals surface area contributed by atoms with Crippen molar-refractivity contribution in [3.8, 4) is 0 Å². The van der Waals surface area contributed by atoms with E-state index in [1.807, 2.05) is 4.90 Å². The maximum atomic E-state index is 13.3. The van der Waals surface area contributed by atoms with Crippen molar-refractivity contribution in [2.24, 2.45) is 23.2 Å². The molecule has 1 saturated carbocycles. The van der Waals surface area contributed by atoms with Crippen LogP contribution < -0.4 is 0 Å². The van der Waals surface area contributed by atoms with Crippen LogP contribution in [0.15, 0.2) is 0 Å². The van der Waals surface area contributed by atoms with Gasteiger partial charge in [-0.1, -0.05) is 6.92 Å². The molecule has 3 heterocycles. The second-order valence-electron chi connectivity index (χ2n) is 9.66. The van der Waals surface area contributed by atoms with Gasteiger partial charge in [0, 0.05) is 32.1 Å². The Labute approximate surface area is 158 Å². The number of amides is 2. The third-order valence-electron chi connectivity index (χ3n) is 7.53. The molecule has 26 heavy (non-hydrogen) atoms. The molecule has 4 aliphatic rings. The van der Waals surface area contributed by atoms with E-state index in [-0.39, 0.29) is 11.3 Å². The molecule has 1 atom stereocenters. The van der Waals surface area contributed by atoms with Crippen molar-refractivity contribution in [1.82, 2.24) is 14.7 Å². The summed E-state index contributed by atoms with van der Waals surface area (Å²) in [7, 11) is 2.18. The minimum absolute atomic E-state index is 0.229. The topological polar surface area (TPSA) is 43.9 Å². The first-order valence-corrected chi connectivity index (χ1v) is 10.7. The van der Waals surface area contributed by atoms with Crippen molar-refractivity contribution in [3.63, 3.8) is 0 Å². The molecule has 146 valence electrons. The fourth-order valence-corrected chi connectivity index (χ4v) is 5.68. The highest BCUT2D eigenvalue weighted by molar-refractivity contribution is 5.87. The van der Waals surface area contributed by atoms with E-state index in [1.54, 1.807) is 0 Å². The van der Waals surface area contributed by atoms with Gasteiger partial charge < -0.3 is 14.7 Å². The predicted octanol–water partition coefficient (Wildman–Crippen LogP) is 2.22. The van der Waals surface area contributed by atoms with Crippen molar-refractivity contribution >= 4 is 11.8 Å². The second kappa shape index (κ2) is 7.14. The summed E-state index contributed by atoms with van der Waals surface area (Å²) in [6, 6.07) is 0. The summed E-state index contributed by atoms with van der Waals surface area (Å²) in [5, 5.41) is 0. The third kappa shape index (κ3) is 3.39. The monoisotopic (exact) mass is 361 g/mol. The van der Waals surface area contributed by atoms with Crippen LogP contribution in [0, 0.1) is 23.2 Å². The number of rotatable bonds is 3. The molecule has 1 aliphatic carbocycles. The summed E-state index contributed by atoms with van der Waals surface area (Å²) in [5.74, 6) is 2.25. The van der Waals surface area contributed by atoms with Crippen LogP contribution in [0.3, 0.4) is 0 Å². The van der Waals surface area contributed by atoms with Gasteiger partial charge in [0.25, 0.3) is 0 Å². The maximum Gasteiger partial charge on any atom is 0.230 e. The lowest BCUT2D eigenvalue weighted by Crippen LogP contribution is -2.52. The van der Waals surface area contributed by atoms with Crippen LogP contribution >= 0.6 is 0 Å². The summed E-state index contributed by atoms with van der Waals surface area (Å²) in [4.78, 5) is 32.6. The number of hydrogen-bond donors (Lipinski definition) is 0. The Morgan fingerprint density at radius 3 is 2.54 bits per heavy atom. The van der Waals surface area contributed by atoms with Gasteiger partial charge in [0.05, 0.1) is 5.41 Å². The van der Waals surface area contributed by atoms with E-state index in [4.69, 9.17) is 0 Å². The summed E-state index contributed by atoms with van der Waals surface area (Å²) in [5.41, 5.74) is -0.269. The molecule has 4 rings (SSSR count). The predicted molar refractivity (Wildman–Crippen MR) is 102 cm³/mol. The van der Waals surface area contributed by atoms with Crippen molar-refractivity contribution in [2.75, 3.05) is 46.3 Å². The summed E-state index contributed by atoms with van der Waals surface area (Å²) >= 11 is 0. The molecule has 2 amide bonds. The Hall–Kier alpha value is -1.10. The molecule has 0 N–H and O–H groups in total. The first-order chi connectivity index (χ1) is 12.5. The maximum absolute atomic E-state index is 13.3. The number of hydrogen-bond acceptors (Lipinski definition) is 3. The Morgan fingerprint density at radius 2 is 1.85 bits per heavy atom. The quantitative estimate of drug-likeness (QED) is 0.774. The van der Waals surface area contributed by atoms with Gasteiger partial charge >= 0.3 is 0 Å². The van der Waals surface area contributed by atoms with Gasteiger partial charge in [-0.2, -0.15) is 0 Å². The minimum Gasteiger partial charge on any atom is -0.342 e. The smallest absolute Gasteiger partial charge is 0.230 e. The number of nitrogens with zero attached hydrogens (tertiary/aromatic N) is 3. The molecule has 5 heteroatoms. The standard InChI is InChI=1S/C21H35N3O2/c1-16-12-18(13-16)19(25)24-8-3-6-21(15-24)7-11-23(20(21)26)14-17-4-9-22(2)10-5-17/h16-18H,3-15H2,1-2H3/t16?,18?,21-/m1/s1. The lowest BCUT2D eigenvalue weighted by atomic mass is 9.73. The molecule has 0 radical (unpaired) electrons. The third-order valence-corrected chi connectivity index (χ3v) is 7.53. The van der Waals surface area contributed by atoms with E-state index in [2.05, 4.69) is 23.8 Å². The molecule has 0 aromatic rings. The van der Waals surface area contributed by atoms with Gasteiger partial charge in [-0.05, 0) is 76.9 Å². The number of likely N-dealkylation sites (tertiary alicyclic amines) is 3. The average Bonchev–Trinajstić information content (AvgIpc) is 2.90. The highest BCUT2D eigenvalue weighted by Crippen LogP contribution is 2.42. The van der Waals surface area contributed by atoms with Crippen molar-refractivity contribution in [2.45, 2.75) is 51.9 Å². The first-order valence-electron chi connectivity index (χ1n) is 10.7. The van der Waals surface area contributed by atoms with Crippen LogP contribution in [0.2, 0.25) is 0 Å². The van der Waals surface area contributed by atoms with E-state index in [1.165, 1.54) is 12.8 Å². The van der Waals surface area contributed by atoms with E-state index < -0.39 is 0 Å². The van der Waals surface area contributed by atoms with Crippen molar-refractivity contribution in [1.29, 1.82) is 0 Å². The highest BCUT2D eigenvalue weighted by atomic mass is 16.2. The van der Waals surface area contributed by atoms with E-state index in [0.29, 0.717) is 30.2 Å². The zero-order valence-electron chi connectivity index (χ0n) is 16.6. The largest absolute Gasteiger partial charge is 0.342 e. The van der Waals surface area contributed by atoms with Crippen molar-refractivity contribution in [3.05, 3.63) is 0 Å². The van der Waals surface area contributed by atoms with Crippen molar-refractivity contribution < 1.29 is 9.59 Å². The normalized spacial score (nSPS) is 36.6. The Balaban J connectivity index is 1.36. The van der Waals surface area contributed by atoms with Gasteiger partial charge in [0.1, 0.15) is 0 Å². The highest BCUT2D eigenvalue weighted by Gasteiger charge is 2.50. The van der Waals surface area contributed by atoms with Gasteiger partial charge in [0.15, 0.2) is 0 Å². The van der Waals surface area contributed by atoms with E-state index in [0.717, 1.165) is 64.8 Å². The van der Waals surface area contributed by atoms with Crippen LogP contribution in [0.1, 0.15) is 51.9 Å². The van der Waals surface area contributed by atoms with Crippen LogP contribution in [0.4, 0.5) is 0 Å². The van der Waals surface area contributed by atoms with Gasteiger partial charge in [-0.3, -0.25) is 9.59 Å². The SMILES string of the molecule is CC1CC(C(=O)N2CCC[C@@]3(CCN(CC4CCN(C)CC4)C3=O)C2)C1. The molecule has 4 fully saturated rings. The number of piperidine rings is 2. The summed E-state index contributed by atoms with van der Waals surface area (Å²) < 4.78 is 0. The summed E-state index contributed by atoms with van der Waals surface area (Å²) in [6.45, 7) is 7.89. The molecular weight excluding hydrogens is 326 g/mol. The molecule has 3 saturated heterocycles. The van der Waals surface area contributed by atoms with E-state index in [9.17, 15) is 9.59 Å². The molecule has 0 aromatic carbocycles. The molecular formula is C21H35N3O2.